The normalized spacial score (nSPS) is 8.20. The standard InChI is InChI=1S/C2H2F4.C2H2F2.2CH2F2O.CH3F/c3-1-2(4,5)6;1-2(3)4;2*2-1-4-3;1-2/h1H2;3*1H2;1H3. The largest absolute Gasteiger partial charge is 0.416 e. The summed E-state index contributed by atoms with van der Waals surface area (Å²) in [6.07, 6.45) is -6.46. The van der Waals surface area contributed by atoms with Crippen molar-refractivity contribution in [2.24, 2.45) is 0 Å². The monoisotopic (exact) mass is 336 g/mol. The zero-order valence-corrected chi connectivity index (χ0v) is 9.80. The van der Waals surface area contributed by atoms with Crippen LogP contribution in [-0.4, -0.2) is 33.7 Å². The zero-order chi connectivity index (χ0) is 17.6. The van der Waals surface area contributed by atoms with Gasteiger partial charge in [0.2, 0.25) is 13.7 Å². The molecule has 0 spiro atoms. The molecule has 2 nitrogen and oxygen atoms in total. The summed E-state index contributed by atoms with van der Waals surface area (Å²) in [6, 6.07) is 0. The van der Waals surface area contributed by atoms with Gasteiger partial charge in [-0.05, 0) is 15.6 Å². The number of alkyl halides is 7. The highest BCUT2D eigenvalue weighted by molar-refractivity contribution is 4.57. The van der Waals surface area contributed by atoms with E-state index in [2.05, 4.69) is 16.5 Å². The van der Waals surface area contributed by atoms with Crippen molar-refractivity contribution >= 4 is 0 Å². The first-order chi connectivity index (χ1) is 9.12. The van der Waals surface area contributed by atoms with Crippen molar-refractivity contribution in [3.63, 3.8) is 0 Å². The molecule has 0 saturated heterocycles. The minimum atomic E-state index is -4.62. The molecule has 0 rings (SSSR count). The van der Waals surface area contributed by atoms with Gasteiger partial charge in [0.1, 0.15) is 0 Å². The average molecular weight is 336 g/mol. The van der Waals surface area contributed by atoms with Crippen molar-refractivity contribution in [3.05, 3.63) is 12.7 Å². The third kappa shape index (κ3) is 282. The van der Waals surface area contributed by atoms with E-state index in [-0.39, 0.29) is 0 Å². The van der Waals surface area contributed by atoms with Crippen LogP contribution in [0, 0.1) is 0 Å². The summed E-state index contributed by atoms with van der Waals surface area (Å²) in [6.45, 7) is -2.70. The second-order valence-corrected chi connectivity index (χ2v) is 1.52. The van der Waals surface area contributed by atoms with Gasteiger partial charge < -0.3 is 0 Å². The van der Waals surface area contributed by atoms with Crippen LogP contribution in [0.2, 0.25) is 0 Å². The van der Waals surface area contributed by atoms with Gasteiger partial charge in [0.05, 0.1) is 7.18 Å². The van der Waals surface area contributed by atoms with Crippen molar-refractivity contribution in [2.75, 3.05) is 27.6 Å². The Morgan fingerprint density at radius 2 is 1.00 bits per heavy atom. The van der Waals surface area contributed by atoms with Gasteiger partial charge in [0.25, 0.3) is 6.08 Å². The smallest absolute Gasteiger partial charge is 0.255 e. The first kappa shape index (κ1) is 31.3. The fourth-order valence-electron chi connectivity index (χ4n) is 0. The van der Waals surface area contributed by atoms with Gasteiger partial charge in [-0.25, -0.2) is 13.2 Å². The summed E-state index contributed by atoms with van der Waals surface area (Å²) in [4.78, 5) is 4.75. The molecule has 13 heteroatoms. The summed E-state index contributed by atoms with van der Waals surface area (Å²) in [5, 5.41) is 0. The Hall–Kier alpha value is -1.11. The average Bonchev–Trinajstić information content (AvgIpc) is 2.40. The minimum Gasteiger partial charge on any atom is -0.255 e. The van der Waals surface area contributed by atoms with Crippen molar-refractivity contribution in [1.29, 1.82) is 0 Å². The van der Waals surface area contributed by atoms with E-state index in [4.69, 9.17) is 0 Å². The van der Waals surface area contributed by atoms with Crippen LogP contribution < -0.4 is 0 Å². The van der Waals surface area contributed by atoms with E-state index < -0.39 is 32.7 Å². The van der Waals surface area contributed by atoms with E-state index in [1.807, 2.05) is 0 Å². The predicted octanol–water partition coefficient (Wildman–Crippen LogP) is 5.13. The summed E-state index contributed by atoms with van der Waals surface area (Å²) in [5.41, 5.74) is 0. The first-order valence-electron chi connectivity index (χ1n) is 3.72. The predicted molar refractivity (Wildman–Crippen MR) is 46.8 cm³/mol. The van der Waals surface area contributed by atoms with E-state index in [1.165, 1.54) is 0 Å². The van der Waals surface area contributed by atoms with Crippen LogP contribution in [0.5, 0.6) is 0 Å². The molecular weight excluding hydrogens is 325 g/mol. The van der Waals surface area contributed by atoms with Gasteiger partial charge in [-0.15, -0.1) is 0 Å². The van der Waals surface area contributed by atoms with Crippen LogP contribution in [-0.2, 0) is 9.88 Å². The Kier molecular flexibility index (Phi) is 48.1. The molecular formula is C7H11F11O2. The Bertz CT molecular complexity index is 140. The molecule has 0 bridgehead atoms. The SMILES string of the molecule is C=C(F)F.CF.FCC(F)(F)F.FCOF.FCOF. The van der Waals surface area contributed by atoms with Crippen LogP contribution in [0.4, 0.5) is 48.6 Å². The van der Waals surface area contributed by atoms with Crippen molar-refractivity contribution in [1.82, 2.24) is 0 Å². The number of hydrogen-bond acceptors (Lipinski definition) is 2. The highest BCUT2D eigenvalue weighted by atomic mass is 19.4. The second kappa shape index (κ2) is 30.7. The van der Waals surface area contributed by atoms with Crippen molar-refractivity contribution < 1.29 is 58.4 Å². The molecule has 0 aliphatic carbocycles. The number of halogens is 11. The van der Waals surface area contributed by atoms with E-state index in [0.29, 0.717) is 7.18 Å². The molecule has 0 aromatic rings. The molecule has 0 N–H and O–H groups in total. The molecule has 0 radical (unpaired) electrons. The Balaban J connectivity index is -0.0000000488. The topological polar surface area (TPSA) is 18.5 Å². The molecule has 0 aliphatic rings. The molecule has 0 amide bonds. The molecule has 0 saturated carbocycles. The number of hydrogen-bond donors (Lipinski definition) is 0. The fraction of sp³-hybridized carbons (Fsp3) is 0.714. The van der Waals surface area contributed by atoms with Gasteiger partial charge in [-0.1, -0.05) is 0 Å². The molecule has 0 aromatic heterocycles. The quantitative estimate of drug-likeness (QED) is 0.651. The Labute approximate surface area is 106 Å². The molecule has 0 unspecified atom stereocenters. The molecule has 20 heavy (non-hydrogen) atoms. The lowest BCUT2D eigenvalue weighted by molar-refractivity contribution is -0.167. The van der Waals surface area contributed by atoms with Crippen LogP contribution >= 0.6 is 0 Å². The lowest BCUT2D eigenvalue weighted by atomic mass is 10.8. The maximum Gasteiger partial charge on any atom is 0.416 e. The maximum absolute atomic E-state index is 10.4. The zero-order valence-electron chi connectivity index (χ0n) is 9.80. The van der Waals surface area contributed by atoms with Gasteiger partial charge in [0, 0.05) is 0 Å². The van der Waals surface area contributed by atoms with Crippen LogP contribution in [0.3, 0.4) is 0 Å². The van der Waals surface area contributed by atoms with Gasteiger partial charge in [-0.3, -0.25) is 4.39 Å². The van der Waals surface area contributed by atoms with Crippen molar-refractivity contribution in [3.8, 4) is 0 Å². The minimum absolute atomic E-state index is 0.500. The highest BCUT2D eigenvalue weighted by Gasteiger charge is 2.26. The Morgan fingerprint density at radius 1 is 0.900 bits per heavy atom. The van der Waals surface area contributed by atoms with Crippen LogP contribution in [0.1, 0.15) is 0 Å². The summed E-state index contributed by atoms with van der Waals surface area (Å²) in [7, 11) is 0.500. The summed E-state index contributed by atoms with van der Waals surface area (Å²) >= 11 is 0. The molecule has 0 aliphatic heterocycles. The van der Waals surface area contributed by atoms with E-state index in [0.717, 1.165) is 0 Å². The lowest BCUT2D eigenvalue weighted by Gasteiger charge is -1.93. The maximum atomic E-state index is 10.4. The second-order valence-electron chi connectivity index (χ2n) is 1.52. The van der Waals surface area contributed by atoms with E-state index in [1.54, 1.807) is 0 Å². The molecule has 128 valence electrons. The third-order valence-electron chi connectivity index (χ3n) is 0.234. The fourth-order valence-corrected chi connectivity index (χ4v) is 0. The number of rotatable bonds is 2. The van der Waals surface area contributed by atoms with Gasteiger partial charge >= 0.3 is 6.18 Å². The lowest BCUT2D eigenvalue weighted by Crippen LogP contribution is -2.08. The van der Waals surface area contributed by atoms with Crippen molar-refractivity contribution in [2.45, 2.75) is 6.18 Å². The van der Waals surface area contributed by atoms with E-state index in [9.17, 15) is 48.6 Å². The van der Waals surface area contributed by atoms with Gasteiger partial charge in [0.15, 0.2) is 6.67 Å². The molecule has 0 heterocycles. The summed E-state index contributed by atoms with van der Waals surface area (Å²) in [5.74, 6) is 0. The van der Waals surface area contributed by atoms with Crippen LogP contribution in [0.15, 0.2) is 12.7 Å². The molecule has 0 fully saturated rings. The first-order valence-corrected chi connectivity index (χ1v) is 3.72. The molecule has 0 atom stereocenters. The Morgan fingerprint density at radius 3 is 1.00 bits per heavy atom. The summed E-state index contributed by atoms with van der Waals surface area (Å²) < 4.78 is 111. The van der Waals surface area contributed by atoms with Crippen LogP contribution in [0.25, 0.3) is 0 Å². The third-order valence-corrected chi connectivity index (χ3v) is 0.234. The van der Waals surface area contributed by atoms with Gasteiger partial charge in [-0.2, -0.15) is 31.8 Å². The highest BCUT2D eigenvalue weighted by Crippen LogP contribution is 2.13. The van der Waals surface area contributed by atoms with E-state index >= 15 is 0 Å². The molecule has 0 aromatic carbocycles.